The number of carbonyl (C=O) groups is 1. The predicted molar refractivity (Wildman–Crippen MR) is 97.6 cm³/mol. The minimum Gasteiger partial charge on any atom is -0.302 e. The molecule has 0 saturated heterocycles. The van der Waals surface area contributed by atoms with Crippen molar-refractivity contribution >= 4 is 29.1 Å². The molecule has 0 amide bonds. The summed E-state index contributed by atoms with van der Waals surface area (Å²) in [4.78, 5) is 12.4. The average molecular weight is 358 g/mol. The second-order valence-electron chi connectivity index (χ2n) is 5.11. The molecular formula is C18H16ClN3OS. The first kappa shape index (κ1) is 16.7. The first-order chi connectivity index (χ1) is 11.7. The number of hydrogen-bond acceptors (Lipinski definition) is 4. The van der Waals surface area contributed by atoms with Gasteiger partial charge in [-0.25, -0.2) is 0 Å². The van der Waals surface area contributed by atoms with E-state index in [2.05, 4.69) is 10.2 Å². The Kier molecular flexibility index (Phi) is 5.33. The van der Waals surface area contributed by atoms with Gasteiger partial charge in [0.15, 0.2) is 16.8 Å². The van der Waals surface area contributed by atoms with Gasteiger partial charge in [0.1, 0.15) is 0 Å². The largest absolute Gasteiger partial charge is 0.302 e. The molecule has 6 heteroatoms. The molecule has 1 heterocycles. The maximum atomic E-state index is 12.4. The van der Waals surface area contributed by atoms with Crippen LogP contribution in [0.15, 0.2) is 59.8 Å². The van der Waals surface area contributed by atoms with E-state index in [0.29, 0.717) is 10.6 Å². The van der Waals surface area contributed by atoms with Crippen molar-refractivity contribution in [2.75, 3.05) is 5.75 Å². The molecule has 0 unspecified atom stereocenters. The molecule has 122 valence electrons. The second-order valence-corrected chi connectivity index (χ2v) is 6.46. The zero-order valence-electron chi connectivity index (χ0n) is 13.1. The van der Waals surface area contributed by atoms with E-state index in [4.69, 9.17) is 11.6 Å². The van der Waals surface area contributed by atoms with Gasteiger partial charge in [0.25, 0.3) is 0 Å². The minimum atomic E-state index is -0.0162. The number of carbonyl (C=O) groups excluding carboxylic acids is 1. The number of hydrogen-bond donors (Lipinski definition) is 0. The van der Waals surface area contributed by atoms with E-state index < -0.39 is 0 Å². The monoisotopic (exact) mass is 357 g/mol. The molecule has 0 aliphatic rings. The Morgan fingerprint density at radius 1 is 1.08 bits per heavy atom. The highest BCUT2D eigenvalue weighted by Gasteiger charge is 2.16. The van der Waals surface area contributed by atoms with Crippen LogP contribution in [-0.4, -0.2) is 26.3 Å². The summed E-state index contributed by atoms with van der Waals surface area (Å²) < 4.78 is 2.01. The molecule has 0 aliphatic heterocycles. The molecule has 2 aromatic carbocycles. The summed E-state index contributed by atoms with van der Waals surface area (Å²) in [6, 6.07) is 17.0. The number of nitrogens with zero attached hydrogens (tertiary/aromatic N) is 3. The van der Waals surface area contributed by atoms with E-state index in [0.717, 1.165) is 23.1 Å². The van der Waals surface area contributed by atoms with Crippen LogP contribution in [0.5, 0.6) is 0 Å². The highest BCUT2D eigenvalue weighted by atomic mass is 35.5. The quantitative estimate of drug-likeness (QED) is 0.478. The number of benzene rings is 2. The van der Waals surface area contributed by atoms with Crippen molar-refractivity contribution in [2.45, 2.75) is 18.6 Å². The van der Waals surface area contributed by atoms with Crippen molar-refractivity contribution in [3.63, 3.8) is 0 Å². The summed E-state index contributed by atoms with van der Waals surface area (Å²) in [6.07, 6.45) is 0. The van der Waals surface area contributed by atoms with E-state index in [-0.39, 0.29) is 11.5 Å². The van der Waals surface area contributed by atoms with Gasteiger partial charge < -0.3 is 4.57 Å². The number of rotatable bonds is 6. The molecule has 0 saturated carbocycles. The van der Waals surface area contributed by atoms with Gasteiger partial charge in [-0.1, -0.05) is 65.8 Å². The minimum absolute atomic E-state index is 0.0162. The number of ketones is 1. The Bertz CT molecular complexity index is 848. The van der Waals surface area contributed by atoms with Crippen LogP contribution < -0.4 is 0 Å². The maximum Gasteiger partial charge on any atom is 0.191 e. The molecule has 24 heavy (non-hydrogen) atoms. The van der Waals surface area contributed by atoms with Crippen molar-refractivity contribution in [1.82, 2.24) is 14.8 Å². The Morgan fingerprint density at radius 2 is 1.79 bits per heavy atom. The fourth-order valence-corrected chi connectivity index (χ4v) is 3.50. The topological polar surface area (TPSA) is 47.8 Å². The third-order valence-electron chi connectivity index (χ3n) is 3.57. The highest BCUT2D eigenvalue weighted by molar-refractivity contribution is 7.99. The van der Waals surface area contributed by atoms with Gasteiger partial charge in [-0.2, -0.15) is 0 Å². The van der Waals surface area contributed by atoms with Crippen LogP contribution in [0, 0.1) is 0 Å². The van der Waals surface area contributed by atoms with E-state index in [1.807, 2.05) is 54.0 Å². The molecule has 4 nitrogen and oxygen atoms in total. The predicted octanol–water partition coefficient (Wildman–Crippen LogP) is 4.59. The highest BCUT2D eigenvalue weighted by Crippen LogP contribution is 2.25. The van der Waals surface area contributed by atoms with Crippen molar-refractivity contribution in [2.24, 2.45) is 0 Å². The van der Waals surface area contributed by atoms with Crippen LogP contribution in [0.4, 0.5) is 0 Å². The average Bonchev–Trinajstić information content (AvgIpc) is 3.03. The summed E-state index contributed by atoms with van der Waals surface area (Å²) in [5, 5.41) is 9.73. The fourth-order valence-electron chi connectivity index (χ4n) is 2.38. The van der Waals surface area contributed by atoms with Crippen molar-refractivity contribution < 1.29 is 4.79 Å². The Hall–Kier alpha value is -2.11. The van der Waals surface area contributed by atoms with E-state index in [9.17, 15) is 4.79 Å². The Morgan fingerprint density at radius 3 is 2.50 bits per heavy atom. The van der Waals surface area contributed by atoms with Gasteiger partial charge >= 0.3 is 0 Å². The first-order valence-electron chi connectivity index (χ1n) is 7.60. The van der Waals surface area contributed by atoms with Gasteiger partial charge in [0.2, 0.25) is 0 Å². The number of halogens is 1. The molecule has 1 aromatic heterocycles. The first-order valence-corrected chi connectivity index (χ1v) is 8.96. The number of aromatic nitrogens is 3. The second kappa shape index (κ2) is 7.64. The Balaban J connectivity index is 1.78. The van der Waals surface area contributed by atoms with Crippen molar-refractivity contribution in [3.8, 4) is 11.4 Å². The lowest BCUT2D eigenvalue weighted by atomic mass is 10.1. The van der Waals surface area contributed by atoms with Crippen LogP contribution in [-0.2, 0) is 6.54 Å². The number of Topliss-reactive ketones (excluding diaryl/α,β-unsaturated/α-hetero) is 1. The summed E-state index contributed by atoms with van der Waals surface area (Å²) in [5.74, 6) is 1.07. The van der Waals surface area contributed by atoms with Gasteiger partial charge in [-0.3, -0.25) is 4.79 Å². The third kappa shape index (κ3) is 3.52. The molecule has 0 fully saturated rings. The van der Waals surface area contributed by atoms with Gasteiger partial charge in [-0.15, -0.1) is 10.2 Å². The summed E-state index contributed by atoms with van der Waals surface area (Å²) in [6.45, 7) is 2.77. The van der Waals surface area contributed by atoms with Crippen molar-refractivity contribution in [3.05, 3.63) is 65.2 Å². The lowest BCUT2D eigenvalue weighted by Gasteiger charge is -2.07. The summed E-state index contributed by atoms with van der Waals surface area (Å²) in [5.41, 5.74) is 1.55. The zero-order valence-corrected chi connectivity index (χ0v) is 14.7. The smallest absolute Gasteiger partial charge is 0.191 e. The maximum absolute atomic E-state index is 12.4. The molecule has 0 N–H and O–H groups in total. The molecule has 0 aliphatic carbocycles. The van der Waals surface area contributed by atoms with E-state index >= 15 is 0 Å². The molecular weight excluding hydrogens is 342 g/mol. The van der Waals surface area contributed by atoms with Crippen LogP contribution in [0.25, 0.3) is 11.4 Å². The van der Waals surface area contributed by atoms with Crippen LogP contribution in [0.3, 0.4) is 0 Å². The molecule has 0 spiro atoms. The van der Waals surface area contributed by atoms with Gasteiger partial charge in [0.05, 0.1) is 10.8 Å². The Labute approximate surface area is 149 Å². The van der Waals surface area contributed by atoms with Crippen LogP contribution in [0.1, 0.15) is 17.3 Å². The molecule has 3 rings (SSSR count). The summed E-state index contributed by atoms with van der Waals surface area (Å²) >= 11 is 7.46. The van der Waals surface area contributed by atoms with Gasteiger partial charge in [0, 0.05) is 17.7 Å². The van der Waals surface area contributed by atoms with E-state index in [1.54, 1.807) is 12.1 Å². The zero-order chi connectivity index (χ0) is 16.9. The molecule has 0 bridgehead atoms. The summed E-state index contributed by atoms with van der Waals surface area (Å²) in [7, 11) is 0. The lowest BCUT2D eigenvalue weighted by Crippen LogP contribution is -2.05. The number of thioether (sulfide) groups is 1. The molecule has 0 atom stereocenters. The van der Waals surface area contributed by atoms with Crippen LogP contribution >= 0.6 is 23.4 Å². The van der Waals surface area contributed by atoms with Crippen molar-refractivity contribution in [1.29, 1.82) is 0 Å². The SMILES string of the molecule is CCn1c(SCC(=O)c2ccccc2Cl)nnc1-c1ccccc1. The van der Waals surface area contributed by atoms with Crippen LogP contribution in [0.2, 0.25) is 5.02 Å². The normalized spacial score (nSPS) is 10.8. The van der Waals surface area contributed by atoms with E-state index in [1.165, 1.54) is 11.8 Å². The fraction of sp³-hybridized carbons (Fsp3) is 0.167. The molecule has 0 radical (unpaired) electrons. The lowest BCUT2D eigenvalue weighted by molar-refractivity contribution is 0.102. The standard InChI is InChI=1S/C18H16ClN3OS/c1-2-22-17(13-8-4-3-5-9-13)20-21-18(22)24-12-16(23)14-10-6-7-11-15(14)19/h3-11H,2,12H2,1H3. The van der Waals surface area contributed by atoms with Gasteiger partial charge in [-0.05, 0) is 19.1 Å². The third-order valence-corrected chi connectivity index (χ3v) is 4.87. The molecule has 3 aromatic rings.